The highest BCUT2D eigenvalue weighted by Crippen LogP contribution is 2.40. The smallest absolute Gasteiger partial charge is 0.404 e. The van der Waals surface area contributed by atoms with Crippen LogP contribution in [0.5, 0.6) is 0 Å². The molecule has 1 amide bonds. The summed E-state index contributed by atoms with van der Waals surface area (Å²) in [6.45, 7) is 0. The van der Waals surface area contributed by atoms with Gasteiger partial charge in [0, 0.05) is 24.4 Å². The van der Waals surface area contributed by atoms with Gasteiger partial charge in [-0.1, -0.05) is 6.07 Å². The fourth-order valence-corrected chi connectivity index (χ4v) is 1.48. The maximum Gasteiger partial charge on any atom is 0.404 e. The number of nitrogens with zero attached hydrogens (tertiary/aromatic N) is 1. The molecule has 68 valence electrons. The van der Waals surface area contributed by atoms with Crippen LogP contribution in [0.2, 0.25) is 0 Å². The van der Waals surface area contributed by atoms with Gasteiger partial charge in [0.1, 0.15) is 0 Å². The molecular formula is C9H10N2O2. The summed E-state index contributed by atoms with van der Waals surface area (Å²) in [6.07, 6.45) is 3.44. The van der Waals surface area contributed by atoms with E-state index in [1.165, 1.54) is 0 Å². The standard InChI is InChI=1S/C9H10N2O2/c12-9(13)11-8-4-7(8)6-2-1-3-10-5-6/h1-3,5,7-8,11H,4H2,(H,12,13)/t7-,8+/m0/s1. The number of aromatic nitrogens is 1. The number of carboxylic acid groups (broad SMARTS) is 1. The molecule has 1 fully saturated rings. The summed E-state index contributed by atoms with van der Waals surface area (Å²) in [6, 6.07) is 3.92. The summed E-state index contributed by atoms with van der Waals surface area (Å²) in [5.41, 5.74) is 1.11. The average molecular weight is 178 g/mol. The molecular weight excluding hydrogens is 168 g/mol. The molecule has 0 aromatic carbocycles. The lowest BCUT2D eigenvalue weighted by Gasteiger charge is -1.98. The van der Waals surface area contributed by atoms with E-state index < -0.39 is 6.09 Å². The van der Waals surface area contributed by atoms with Crippen molar-refractivity contribution < 1.29 is 9.90 Å². The number of nitrogens with one attached hydrogen (secondary N) is 1. The first-order chi connectivity index (χ1) is 6.27. The molecule has 13 heavy (non-hydrogen) atoms. The predicted octanol–water partition coefficient (Wildman–Crippen LogP) is 1.21. The number of carbonyl (C=O) groups is 1. The van der Waals surface area contributed by atoms with Crippen LogP contribution in [-0.2, 0) is 0 Å². The number of pyridine rings is 1. The highest BCUT2D eigenvalue weighted by Gasteiger charge is 2.39. The zero-order chi connectivity index (χ0) is 9.26. The molecule has 0 spiro atoms. The van der Waals surface area contributed by atoms with Gasteiger partial charge in [-0.05, 0) is 18.1 Å². The minimum atomic E-state index is -0.948. The first-order valence-electron chi connectivity index (χ1n) is 4.17. The van der Waals surface area contributed by atoms with E-state index in [0.717, 1.165) is 12.0 Å². The van der Waals surface area contributed by atoms with Crippen LogP contribution >= 0.6 is 0 Å². The molecule has 1 aromatic rings. The summed E-state index contributed by atoms with van der Waals surface area (Å²) >= 11 is 0. The fraction of sp³-hybridized carbons (Fsp3) is 0.333. The van der Waals surface area contributed by atoms with Gasteiger partial charge in [0.25, 0.3) is 0 Å². The Kier molecular flexibility index (Phi) is 1.88. The highest BCUT2D eigenvalue weighted by atomic mass is 16.4. The van der Waals surface area contributed by atoms with Crippen molar-refractivity contribution in [3.63, 3.8) is 0 Å². The molecule has 1 heterocycles. The summed E-state index contributed by atoms with van der Waals surface area (Å²) in [4.78, 5) is 14.3. The Morgan fingerprint density at radius 2 is 2.54 bits per heavy atom. The Bertz CT molecular complexity index is 313. The molecule has 4 heteroatoms. The minimum absolute atomic E-state index is 0.0849. The van der Waals surface area contributed by atoms with Gasteiger partial charge in [0.2, 0.25) is 0 Å². The quantitative estimate of drug-likeness (QED) is 0.715. The van der Waals surface area contributed by atoms with Crippen LogP contribution in [0.3, 0.4) is 0 Å². The molecule has 0 saturated heterocycles. The van der Waals surface area contributed by atoms with Crippen molar-refractivity contribution in [2.45, 2.75) is 18.4 Å². The van der Waals surface area contributed by atoms with Crippen molar-refractivity contribution in [2.75, 3.05) is 0 Å². The molecule has 0 radical (unpaired) electrons. The lowest BCUT2D eigenvalue weighted by atomic mass is 10.2. The van der Waals surface area contributed by atoms with Crippen LogP contribution in [0.1, 0.15) is 17.9 Å². The molecule has 2 rings (SSSR count). The topological polar surface area (TPSA) is 62.2 Å². The Balaban J connectivity index is 1.97. The van der Waals surface area contributed by atoms with E-state index in [9.17, 15) is 4.79 Å². The van der Waals surface area contributed by atoms with Crippen LogP contribution in [-0.4, -0.2) is 22.2 Å². The number of rotatable bonds is 2. The van der Waals surface area contributed by atoms with Crippen molar-refractivity contribution in [3.05, 3.63) is 30.1 Å². The average Bonchev–Trinajstić information content (AvgIpc) is 2.84. The molecule has 0 aliphatic heterocycles. The van der Waals surface area contributed by atoms with Crippen LogP contribution in [0.25, 0.3) is 0 Å². The number of hydrogen-bond acceptors (Lipinski definition) is 2. The fourth-order valence-electron chi connectivity index (χ4n) is 1.48. The normalized spacial score (nSPS) is 25.2. The summed E-state index contributed by atoms with van der Waals surface area (Å²) in [7, 11) is 0. The van der Waals surface area contributed by atoms with E-state index in [0.29, 0.717) is 5.92 Å². The SMILES string of the molecule is O=C(O)N[C@@H]1C[C@H]1c1cccnc1. The summed E-state index contributed by atoms with van der Waals surface area (Å²) < 4.78 is 0. The van der Waals surface area contributed by atoms with Crippen molar-refractivity contribution in [2.24, 2.45) is 0 Å². The second kappa shape index (κ2) is 3.05. The zero-order valence-electron chi connectivity index (χ0n) is 6.97. The van der Waals surface area contributed by atoms with Gasteiger partial charge in [-0.3, -0.25) is 4.98 Å². The van der Waals surface area contributed by atoms with Crippen molar-refractivity contribution >= 4 is 6.09 Å². The molecule has 1 aliphatic rings. The van der Waals surface area contributed by atoms with E-state index in [1.54, 1.807) is 12.4 Å². The second-order valence-corrected chi connectivity index (χ2v) is 3.18. The number of hydrogen-bond donors (Lipinski definition) is 2. The first kappa shape index (κ1) is 8.04. The Morgan fingerprint density at radius 1 is 1.69 bits per heavy atom. The largest absolute Gasteiger partial charge is 0.465 e. The molecule has 0 unspecified atom stereocenters. The third-order valence-corrected chi connectivity index (χ3v) is 2.21. The molecule has 1 aliphatic carbocycles. The number of amides is 1. The summed E-state index contributed by atoms with van der Waals surface area (Å²) in [5.74, 6) is 0.324. The van der Waals surface area contributed by atoms with E-state index in [2.05, 4.69) is 10.3 Å². The van der Waals surface area contributed by atoms with Gasteiger partial charge in [0.15, 0.2) is 0 Å². The zero-order valence-corrected chi connectivity index (χ0v) is 6.97. The lowest BCUT2D eigenvalue weighted by Crippen LogP contribution is -2.24. The first-order valence-corrected chi connectivity index (χ1v) is 4.17. The Labute approximate surface area is 75.6 Å². The van der Waals surface area contributed by atoms with Gasteiger partial charge in [-0.15, -0.1) is 0 Å². The minimum Gasteiger partial charge on any atom is -0.465 e. The lowest BCUT2D eigenvalue weighted by molar-refractivity contribution is 0.193. The molecule has 4 nitrogen and oxygen atoms in total. The molecule has 2 atom stereocenters. The van der Waals surface area contributed by atoms with Gasteiger partial charge in [-0.2, -0.15) is 0 Å². The highest BCUT2D eigenvalue weighted by molar-refractivity contribution is 5.65. The van der Waals surface area contributed by atoms with Gasteiger partial charge < -0.3 is 10.4 Å². The van der Waals surface area contributed by atoms with Crippen molar-refractivity contribution in [1.29, 1.82) is 0 Å². The third kappa shape index (κ3) is 1.77. The van der Waals surface area contributed by atoms with Crippen LogP contribution in [0, 0.1) is 0 Å². The van der Waals surface area contributed by atoms with Crippen LogP contribution in [0.15, 0.2) is 24.5 Å². The predicted molar refractivity (Wildman–Crippen MR) is 46.5 cm³/mol. The van der Waals surface area contributed by atoms with Crippen molar-refractivity contribution in [1.82, 2.24) is 10.3 Å². The van der Waals surface area contributed by atoms with E-state index in [1.807, 2.05) is 12.1 Å². The molecule has 2 N–H and O–H groups in total. The Hall–Kier alpha value is -1.58. The molecule has 1 saturated carbocycles. The van der Waals surface area contributed by atoms with E-state index in [-0.39, 0.29) is 6.04 Å². The second-order valence-electron chi connectivity index (χ2n) is 3.18. The van der Waals surface area contributed by atoms with Gasteiger partial charge in [-0.25, -0.2) is 4.79 Å². The molecule has 0 bridgehead atoms. The summed E-state index contributed by atoms with van der Waals surface area (Å²) in [5, 5.41) is 10.9. The Morgan fingerprint density at radius 3 is 3.15 bits per heavy atom. The van der Waals surface area contributed by atoms with E-state index in [4.69, 9.17) is 5.11 Å². The maximum atomic E-state index is 10.3. The van der Waals surface area contributed by atoms with Crippen LogP contribution < -0.4 is 5.32 Å². The van der Waals surface area contributed by atoms with Crippen molar-refractivity contribution in [3.8, 4) is 0 Å². The monoisotopic (exact) mass is 178 g/mol. The van der Waals surface area contributed by atoms with Gasteiger partial charge >= 0.3 is 6.09 Å². The van der Waals surface area contributed by atoms with E-state index >= 15 is 0 Å². The molecule has 1 aromatic heterocycles. The third-order valence-electron chi connectivity index (χ3n) is 2.21. The van der Waals surface area contributed by atoms with Crippen LogP contribution in [0.4, 0.5) is 4.79 Å². The van der Waals surface area contributed by atoms with Gasteiger partial charge in [0.05, 0.1) is 0 Å². The maximum absolute atomic E-state index is 10.3.